The molecular formula is C15H16N2O. The van der Waals surface area contributed by atoms with Crippen LogP contribution in [0.2, 0.25) is 0 Å². The molecule has 1 atom stereocenters. The van der Waals surface area contributed by atoms with Gasteiger partial charge in [-0.2, -0.15) is 0 Å². The van der Waals surface area contributed by atoms with E-state index in [9.17, 15) is 0 Å². The highest BCUT2D eigenvalue weighted by molar-refractivity contribution is 5.57. The van der Waals surface area contributed by atoms with Gasteiger partial charge in [-0.15, -0.1) is 0 Å². The first-order valence-electron chi connectivity index (χ1n) is 6.20. The molecule has 1 aliphatic heterocycles. The van der Waals surface area contributed by atoms with E-state index in [4.69, 9.17) is 4.74 Å². The number of hydrogen-bond acceptors (Lipinski definition) is 3. The van der Waals surface area contributed by atoms with Crippen LogP contribution in [0.1, 0.15) is 0 Å². The third kappa shape index (κ3) is 2.40. The highest BCUT2D eigenvalue weighted by Crippen LogP contribution is 2.28. The van der Waals surface area contributed by atoms with Crippen LogP contribution in [0.15, 0.2) is 54.6 Å². The number of benzene rings is 2. The van der Waals surface area contributed by atoms with Crippen molar-refractivity contribution in [2.24, 2.45) is 0 Å². The summed E-state index contributed by atoms with van der Waals surface area (Å²) in [4.78, 5) is 0. The Balaban J connectivity index is 1.60. The van der Waals surface area contributed by atoms with E-state index in [1.54, 1.807) is 0 Å². The van der Waals surface area contributed by atoms with E-state index in [0.717, 1.165) is 30.2 Å². The van der Waals surface area contributed by atoms with Crippen LogP contribution in [0.3, 0.4) is 0 Å². The Labute approximate surface area is 107 Å². The molecular weight excluding hydrogens is 224 g/mol. The lowest BCUT2D eigenvalue weighted by Gasteiger charge is -2.27. The Hall–Kier alpha value is -2.16. The normalized spacial score (nSPS) is 17.2. The zero-order chi connectivity index (χ0) is 12.2. The maximum atomic E-state index is 5.93. The van der Waals surface area contributed by atoms with E-state index in [1.807, 2.05) is 42.5 Å². The summed E-state index contributed by atoms with van der Waals surface area (Å²) in [5.74, 6) is 0.934. The summed E-state index contributed by atoms with van der Waals surface area (Å²) in [6.07, 6.45) is 0.153. The summed E-state index contributed by atoms with van der Waals surface area (Å²) >= 11 is 0. The van der Waals surface area contributed by atoms with Gasteiger partial charge in [0.2, 0.25) is 0 Å². The first kappa shape index (κ1) is 11.0. The van der Waals surface area contributed by atoms with E-state index in [0.29, 0.717) is 0 Å². The number of nitrogens with one attached hydrogen (secondary N) is 2. The van der Waals surface area contributed by atoms with Crippen molar-refractivity contribution in [1.82, 2.24) is 0 Å². The lowest BCUT2D eigenvalue weighted by atomic mass is 10.2. The summed E-state index contributed by atoms with van der Waals surface area (Å²) in [5.41, 5.74) is 2.20. The summed E-state index contributed by atoms with van der Waals surface area (Å²) < 4.78 is 5.93. The minimum Gasteiger partial charge on any atom is -0.485 e. The second kappa shape index (κ2) is 5.00. The van der Waals surface area contributed by atoms with Crippen LogP contribution >= 0.6 is 0 Å². The Kier molecular flexibility index (Phi) is 3.05. The van der Waals surface area contributed by atoms with Gasteiger partial charge in [0, 0.05) is 5.69 Å². The Bertz CT molecular complexity index is 513. The molecule has 3 rings (SSSR count). The third-order valence-electron chi connectivity index (χ3n) is 3.01. The molecule has 2 aromatic rings. The van der Waals surface area contributed by atoms with Crippen molar-refractivity contribution in [2.75, 3.05) is 23.7 Å². The quantitative estimate of drug-likeness (QED) is 0.865. The van der Waals surface area contributed by atoms with Gasteiger partial charge in [0.15, 0.2) is 0 Å². The molecule has 92 valence electrons. The van der Waals surface area contributed by atoms with Gasteiger partial charge < -0.3 is 15.4 Å². The number of hydrogen-bond donors (Lipinski definition) is 2. The van der Waals surface area contributed by atoms with E-state index in [-0.39, 0.29) is 6.10 Å². The molecule has 0 radical (unpaired) electrons. The second-order valence-electron chi connectivity index (χ2n) is 4.36. The Morgan fingerprint density at radius 2 is 1.83 bits per heavy atom. The molecule has 18 heavy (non-hydrogen) atoms. The second-order valence-corrected chi connectivity index (χ2v) is 4.36. The van der Waals surface area contributed by atoms with Gasteiger partial charge in [-0.1, -0.05) is 30.3 Å². The molecule has 0 fully saturated rings. The van der Waals surface area contributed by atoms with E-state index in [2.05, 4.69) is 22.8 Å². The highest BCUT2D eigenvalue weighted by atomic mass is 16.5. The molecule has 3 nitrogen and oxygen atoms in total. The first-order valence-corrected chi connectivity index (χ1v) is 6.20. The Morgan fingerprint density at radius 1 is 1.06 bits per heavy atom. The zero-order valence-corrected chi connectivity index (χ0v) is 10.1. The third-order valence-corrected chi connectivity index (χ3v) is 3.01. The molecule has 0 saturated heterocycles. The minimum absolute atomic E-state index is 0.153. The van der Waals surface area contributed by atoms with Crippen molar-refractivity contribution in [1.29, 1.82) is 0 Å². The topological polar surface area (TPSA) is 33.3 Å². The van der Waals surface area contributed by atoms with Gasteiger partial charge in [-0.3, -0.25) is 0 Å². The van der Waals surface area contributed by atoms with Gasteiger partial charge in [0.25, 0.3) is 0 Å². The Morgan fingerprint density at radius 3 is 2.72 bits per heavy atom. The number of fused-ring (bicyclic) bond motifs is 1. The van der Waals surface area contributed by atoms with Gasteiger partial charge in [-0.05, 0) is 24.3 Å². The minimum atomic E-state index is 0.153. The molecule has 1 heterocycles. The van der Waals surface area contributed by atoms with Crippen LogP contribution < -0.4 is 15.4 Å². The zero-order valence-electron chi connectivity index (χ0n) is 10.1. The van der Waals surface area contributed by atoms with Gasteiger partial charge in [0.05, 0.1) is 18.8 Å². The molecule has 0 spiro atoms. The number of para-hydroxylation sites is 3. The average molecular weight is 240 g/mol. The van der Waals surface area contributed by atoms with Crippen molar-refractivity contribution >= 4 is 11.4 Å². The summed E-state index contributed by atoms with van der Waals surface area (Å²) in [6, 6.07) is 18.2. The van der Waals surface area contributed by atoms with Crippen molar-refractivity contribution in [3.8, 4) is 5.75 Å². The largest absolute Gasteiger partial charge is 0.485 e. The summed E-state index contributed by atoms with van der Waals surface area (Å²) in [5, 5.41) is 6.76. The molecule has 2 N–H and O–H groups in total. The fraction of sp³-hybridized carbons (Fsp3) is 0.200. The molecule has 3 heteroatoms. The molecule has 0 aromatic heterocycles. The van der Waals surface area contributed by atoms with Crippen molar-refractivity contribution in [3.63, 3.8) is 0 Å². The molecule has 0 aliphatic carbocycles. The predicted octanol–water partition coefficient (Wildman–Crippen LogP) is 2.97. The molecule has 2 aromatic carbocycles. The monoisotopic (exact) mass is 240 g/mol. The SMILES string of the molecule is c1ccc(NCC2CNc3ccccc3O2)cc1. The predicted molar refractivity (Wildman–Crippen MR) is 74.3 cm³/mol. The van der Waals surface area contributed by atoms with Gasteiger partial charge >= 0.3 is 0 Å². The highest BCUT2D eigenvalue weighted by Gasteiger charge is 2.18. The molecule has 1 aliphatic rings. The van der Waals surface area contributed by atoms with Crippen LogP contribution in [0.5, 0.6) is 5.75 Å². The molecule has 0 bridgehead atoms. The van der Waals surface area contributed by atoms with E-state index in [1.165, 1.54) is 0 Å². The fourth-order valence-corrected chi connectivity index (χ4v) is 2.06. The van der Waals surface area contributed by atoms with Gasteiger partial charge in [-0.25, -0.2) is 0 Å². The number of anilines is 2. The maximum absolute atomic E-state index is 5.93. The fourth-order valence-electron chi connectivity index (χ4n) is 2.06. The lowest BCUT2D eigenvalue weighted by Crippen LogP contribution is -2.36. The number of rotatable bonds is 3. The molecule has 0 saturated carbocycles. The molecule has 1 unspecified atom stereocenters. The van der Waals surface area contributed by atoms with E-state index >= 15 is 0 Å². The van der Waals surface area contributed by atoms with Crippen molar-refractivity contribution in [3.05, 3.63) is 54.6 Å². The van der Waals surface area contributed by atoms with E-state index < -0.39 is 0 Å². The van der Waals surface area contributed by atoms with Gasteiger partial charge in [0.1, 0.15) is 11.9 Å². The van der Waals surface area contributed by atoms with Crippen LogP contribution in [-0.2, 0) is 0 Å². The maximum Gasteiger partial charge on any atom is 0.143 e. The summed E-state index contributed by atoms with van der Waals surface area (Å²) in [6.45, 7) is 1.63. The lowest BCUT2D eigenvalue weighted by molar-refractivity contribution is 0.218. The van der Waals surface area contributed by atoms with Crippen molar-refractivity contribution < 1.29 is 4.74 Å². The number of ether oxygens (including phenoxy) is 1. The van der Waals surface area contributed by atoms with Crippen LogP contribution in [-0.4, -0.2) is 19.2 Å². The van der Waals surface area contributed by atoms with Crippen LogP contribution in [0.4, 0.5) is 11.4 Å². The average Bonchev–Trinajstić information content (AvgIpc) is 2.46. The molecule has 0 amide bonds. The smallest absolute Gasteiger partial charge is 0.143 e. The summed E-state index contributed by atoms with van der Waals surface area (Å²) in [7, 11) is 0. The van der Waals surface area contributed by atoms with Crippen LogP contribution in [0.25, 0.3) is 0 Å². The first-order chi connectivity index (χ1) is 8.92. The standard InChI is InChI=1S/C15H16N2O/c1-2-6-12(7-3-1)16-10-13-11-17-14-8-4-5-9-15(14)18-13/h1-9,13,16-17H,10-11H2. The van der Waals surface area contributed by atoms with Crippen molar-refractivity contribution in [2.45, 2.75) is 6.10 Å². The van der Waals surface area contributed by atoms with Crippen LogP contribution in [0, 0.1) is 0 Å².